The van der Waals surface area contributed by atoms with E-state index in [1.807, 2.05) is 48.5 Å². The molecule has 0 atom stereocenters. The number of hydrogen-bond donors (Lipinski definition) is 0. The van der Waals surface area contributed by atoms with Gasteiger partial charge < -0.3 is 14.4 Å². The molecule has 0 bridgehead atoms. The van der Waals surface area contributed by atoms with E-state index in [0.29, 0.717) is 18.2 Å². The SMILES string of the molecule is COc1ccc(CN(C)C(=O)COc2ccc(C(C)C)cc2)cc1. The van der Waals surface area contributed by atoms with Crippen LogP contribution in [-0.4, -0.2) is 31.6 Å². The molecule has 4 heteroatoms. The van der Waals surface area contributed by atoms with E-state index < -0.39 is 0 Å². The predicted molar refractivity (Wildman–Crippen MR) is 95.5 cm³/mol. The minimum absolute atomic E-state index is 0.0354. The Morgan fingerprint density at radius 1 is 1.00 bits per heavy atom. The number of carbonyl (C=O) groups excluding carboxylic acids is 1. The quantitative estimate of drug-likeness (QED) is 0.775. The van der Waals surface area contributed by atoms with Gasteiger partial charge in [0.1, 0.15) is 11.5 Å². The van der Waals surface area contributed by atoms with Crippen molar-refractivity contribution in [3.63, 3.8) is 0 Å². The zero-order valence-electron chi connectivity index (χ0n) is 14.8. The van der Waals surface area contributed by atoms with Gasteiger partial charge in [0.05, 0.1) is 7.11 Å². The second-order valence-electron chi connectivity index (χ2n) is 6.11. The van der Waals surface area contributed by atoms with Crippen LogP contribution >= 0.6 is 0 Å². The van der Waals surface area contributed by atoms with Crippen LogP contribution in [0.3, 0.4) is 0 Å². The summed E-state index contributed by atoms with van der Waals surface area (Å²) < 4.78 is 10.7. The van der Waals surface area contributed by atoms with Crippen LogP contribution in [-0.2, 0) is 11.3 Å². The monoisotopic (exact) mass is 327 g/mol. The van der Waals surface area contributed by atoms with Gasteiger partial charge >= 0.3 is 0 Å². The summed E-state index contributed by atoms with van der Waals surface area (Å²) in [7, 11) is 3.41. The molecule has 0 spiro atoms. The molecule has 2 rings (SSSR count). The highest BCUT2D eigenvalue weighted by Crippen LogP contribution is 2.18. The predicted octanol–water partition coefficient (Wildman–Crippen LogP) is 3.86. The van der Waals surface area contributed by atoms with E-state index in [-0.39, 0.29) is 12.5 Å². The van der Waals surface area contributed by atoms with Crippen LogP contribution < -0.4 is 9.47 Å². The molecule has 0 fully saturated rings. The van der Waals surface area contributed by atoms with Crippen molar-refractivity contribution >= 4 is 5.91 Å². The molecule has 0 radical (unpaired) electrons. The van der Waals surface area contributed by atoms with E-state index in [1.54, 1.807) is 19.1 Å². The molecule has 1 amide bonds. The average molecular weight is 327 g/mol. The van der Waals surface area contributed by atoms with E-state index in [4.69, 9.17) is 9.47 Å². The summed E-state index contributed by atoms with van der Waals surface area (Å²) in [5.41, 5.74) is 2.30. The van der Waals surface area contributed by atoms with Crippen molar-refractivity contribution in [1.29, 1.82) is 0 Å². The number of nitrogens with zero attached hydrogens (tertiary/aromatic N) is 1. The molecule has 0 aliphatic carbocycles. The lowest BCUT2D eigenvalue weighted by Gasteiger charge is -2.18. The molecular formula is C20H25NO3. The first-order chi connectivity index (χ1) is 11.5. The van der Waals surface area contributed by atoms with Crippen molar-refractivity contribution in [1.82, 2.24) is 4.90 Å². The molecule has 0 aromatic heterocycles. The van der Waals surface area contributed by atoms with Crippen LogP contribution in [0.1, 0.15) is 30.9 Å². The number of rotatable bonds is 7. The largest absolute Gasteiger partial charge is 0.497 e. The van der Waals surface area contributed by atoms with Crippen molar-refractivity contribution in [2.24, 2.45) is 0 Å². The summed E-state index contributed by atoms with van der Waals surface area (Å²) >= 11 is 0. The van der Waals surface area contributed by atoms with Gasteiger partial charge in [0, 0.05) is 13.6 Å². The lowest BCUT2D eigenvalue weighted by molar-refractivity contribution is -0.132. The molecule has 0 saturated heterocycles. The number of methoxy groups -OCH3 is 1. The maximum Gasteiger partial charge on any atom is 0.260 e. The molecule has 0 aliphatic rings. The van der Waals surface area contributed by atoms with Gasteiger partial charge in [-0.2, -0.15) is 0 Å². The van der Waals surface area contributed by atoms with Crippen LogP contribution in [0, 0.1) is 0 Å². The first kappa shape index (κ1) is 17.9. The molecule has 0 aliphatic heterocycles. The standard InChI is InChI=1S/C20H25NO3/c1-15(2)17-7-11-19(12-8-17)24-14-20(22)21(3)13-16-5-9-18(23-4)10-6-16/h5-12,15H,13-14H2,1-4H3. The van der Waals surface area contributed by atoms with Gasteiger partial charge in [-0.15, -0.1) is 0 Å². The molecule has 0 saturated carbocycles. The summed E-state index contributed by atoms with van der Waals surface area (Å²) in [4.78, 5) is 13.9. The second-order valence-corrected chi connectivity index (χ2v) is 6.11. The van der Waals surface area contributed by atoms with Gasteiger partial charge in [-0.05, 0) is 41.3 Å². The third kappa shape index (κ3) is 5.01. The summed E-state index contributed by atoms with van der Waals surface area (Å²) in [6.07, 6.45) is 0. The topological polar surface area (TPSA) is 38.8 Å². The lowest BCUT2D eigenvalue weighted by Crippen LogP contribution is -2.30. The highest BCUT2D eigenvalue weighted by molar-refractivity contribution is 5.77. The Morgan fingerprint density at radius 2 is 1.58 bits per heavy atom. The van der Waals surface area contributed by atoms with Crippen molar-refractivity contribution in [2.75, 3.05) is 20.8 Å². The maximum absolute atomic E-state index is 12.2. The zero-order chi connectivity index (χ0) is 17.5. The smallest absolute Gasteiger partial charge is 0.260 e. The number of amides is 1. The summed E-state index contributed by atoms with van der Waals surface area (Å²) in [6, 6.07) is 15.6. The Hall–Kier alpha value is -2.49. The Labute approximate surface area is 144 Å². The molecule has 0 heterocycles. The fraction of sp³-hybridized carbons (Fsp3) is 0.350. The van der Waals surface area contributed by atoms with Crippen LogP contribution in [0.5, 0.6) is 11.5 Å². The highest BCUT2D eigenvalue weighted by atomic mass is 16.5. The van der Waals surface area contributed by atoms with Gasteiger partial charge in [0.25, 0.3) is 5.91 Å². The Morgan fingerprint density at radius 3 is 2.12 bits per heavy atom. The van der Waals surface area contributed by atoms with Crippen molar-refractivity contribution in [2.45, 2.75) is 26.3 Å². The van der Waals surface area contributed by atoms with E-state index >= 15 is 0 Å². The molecule has 2 aromatic rings. The van der Waals surface area contributed by atoms with Crippen LogP contribution in [0.4, 0.5) is 0 Å². The van der Waals surface area contributed by atoms with Gasteiger partial charge in [-0.3, -0.25) is 4.79 Å². The van der Waals surface area contributed by atoms with Crippen LogP contribution in [0.25, 0.3) is 0 Å². The van der Waals surface area contributed by atoms with Crippen molar-refractivity contribution in [3.8, 4) is 11.5 Å². The first-order valence-electron chi connectivity index (χ1n) is 8.09. The number of ether oxygens (including phenoxy) is 2. The minimum atomic E-state index is -0.0567. The van der Waals surface area contributed by atoms with Gasteiger partial charge in [-0.25, -0.2) is 0 Å². The van der Waals surface area contributed by atoms with Crippen molar-refractivity contribution < 1.29 is 14.3 Å². The molecular weight excluding hydrogens is 302 g/mol. The van der Waals surface area contributed by atoms with Gasteiger partial charge in [-0.1, -0.05) is 38.1 Å². The number of carbonyl (C=O) groups is 1. The van der Waals surface area contributed by atoms with Crippen LogP contribution in [0.15, 0.2) is 48.5 Å². The fourth-order valence-electron chi connectivity index (χ4n) is 2.30. The van der Waals surface area contributed by atoms with E-state index in [1.165, 1.54) is 5.56 Å². The molecule has 2 aromatic carbocycles. The zero-order valence-corrected chi connectivity index (χ0v) is 14.8. The Balaban J connectivity index is 1.84. The third-order valence-electron chi connectivity index (χ3n) is 3.91. The number of benzene rings is 2. The van der Waals surface area contributed by atoms with E-state index in [9.17, 15) is 4.79 Å². The Kier molecular flexibility index (Phi) is 6.24. The molecule has 0 unspecified atom stereocenters. The Bertz CT molecular complexity index is 648. The van der Waals surface area contributed by atoms with E-state index in [2.05, 4.69) is 13.8 Å². The van der Waals surface area contributed by atoms with Gasteiger partial charge in [0.15, 0.2) is 6.61 Å². The second kappa shape index (κ2) is 8.39. The normalized spacial score (nSPS) is 10.5. The third-order valence-corrected chi connectivity index (χ3v) is 3.91. The minimum Gasteiger partial charge on any atom is -0.497 e. The number of hydrogen-bond acceptors (Lipinski definition) is 3. The summed E-state index contributed by atoms with van der Waals surface area (Å²) in [6.45, 7) is 4.87. The molecule has 24 heavy (non-hydrogen) atoms. The molecule has 4 nitrogen and oxygen atoms in total. The number of likely N-dealkylation sites (N-methyl/N-ethyl adjacent to an activating group) is 1. The summed E-state index contributed by atoms with van der Waals surface area (Å²) in [5, 5.41) is 0. The fourth-order valence-corrected chi connectivity index (χ4v) is 2.30. The highest BCUT2D eigenvalue weighted by Gasteiger charge is 2.10. The molecule has 0 N–H and O–H groups in total. The summed E-state index contributed by atoms with van der Waals surface area (Å²) in [5.74, 6) is 1.95. The van der Waals surface area contributed by atoms with Crippen molar-refractivity contribution in [3.05, 3.63) is 59.7 Å². The first-order valence-corrected chi connectivity index (χ1v) is 8.09. The average Bonchev–Trinajstić information content (AvgIpc) is 2.60. The van der Waals surface area contributed by atoms with Gasteiger partial charge in [0.2, 0.25) is 0 Å². The molecule has 128 valence electrons. The lowest BCUT2D eigenvalue weighted by atomic mass is 10.0. The van der Waals surface area contributed by atoms with Crippen LogP contribution in [0.2, 0.25) is 0 Å². The van der Waals surface area contributed by atoms with E-state index in [0.717, 1.165) is 11.3 Å². The maximum atomic E-state index is 12.2.